The maximum Gasteiger partial charge on any atom is 0.253 e. The molecule has 1 saturated heterocycles. The summed E-state index contributed by atoms with van der Waals surface area (Å²) in [7, 11) is 1.68. The summed E-state index contributed by atoms with van der Waals surface area (Å²) in [6.45, 7) is 7.35. The number of piperazine rings is 1. The van der Waals surface area contributed by atoms with Crippen LogP contribution in [0, 0.1) is 0 Å². The number of carbonyl (C=O) groups excluding carboxylic acids is 1. The van der Waals surface area contributed by atoms with Crippen molar-refractivity contribution in [1.82, 2.24) is 9.88 Å². The first-order valence-corrected chi connectivity index (χ1v) is 11.5. The van der Waals surface area contributed by atoms with Crippen molar-refractivity contribution in [2.24, 2.45) is 0 Å². The minimum absolute atomic E-state index is 0.111. The zero-order valence-corrected chi connectivity index (χ0v) is 18.6. The molecule has 0 unspecified atom stereocenters. The molecule has 1 aliphatic rings. The molecule has 0 saturated carbocycles. The van der Waals surface area contributed by atoms with Crippen LogP contribution in [-0.4, -0.2) is 54.3 Å². The number of thioether (sulfide) groups is 1. The highest BCUT2D eigenvalue weighted by Gasteiger charge is 2.24. The lowest BCUT2D eigenvalue weighted by Gasteiger charge is -2.34. The standard InChI is InChI=1S/C22H25N3O2S2/c1-15(2)28-18-7-4-16(5-8-18)21(26)24-10-12-25(13-11-24)22-23-19-9-6-17(27-3)14-20(19)29-22/h4-9,14-15H,10-13H2,1-3H3. The van der Waals surface area contributed by atoms with Crippen molar-refractivity contribution in [3.05, 3.63) is 48.0 Å². The monoisotopic (exact) mass is 427 g/mol. The zero-order chi connectivity index (χ0) is 20.4. The second-order valence-electron chi connectivity index (χ2n) is 7.30. The maximum absolute atomic E-state index is 12.9. The Morgan fingerprint density at radius 2 is 1.83 bits per heavy atom. The maximum atomic E-state index is 12.9. The smallest absolute Gasteiger partial charge is 0.253 e. The van der Waals surface area contributed by atoms with Gasteiger partial charge in [-0.1, -0.05) is 25.2 Å². The molecule has 152 valence electrons. The summed E-state index contributed by atoms with van der Waals surface area (Å²) in [5.74, 6) is 0.959. The van der Waals surface area contributed by atoms with Crippen molar-refractivity contribution >= 4 is 44.4 Å². The number of thiazole rings is 1. The Balaban J connectivity index is 1.39. The first-order valence-electron chi connectivity index (χ1n) is 9.79. The fourth-order valence-corrected chi connectivity index (χ4v) is 5.27. The Morgan fingerprint density at radius 3 is 2.48 bits per heavy atom. The number of nitrogens with zero attached hydrogens (tertiary/aromatic N) is 3. The van der Waals surface area contributed by atoms with Gasteiger partial charge >= 0.3 is 0 Å². The van der Waals surface area contributed by atoms with Crippen LogP contribution in [0.15, 0.2) is 47.4 Å². The van der Waals surface area contributed by atoms with E-state index >= 15 is 0 Å². The Hall–Kier alpha value is -2.25. The molecule has 2 heterocycles. The first kappa shape index (κ1) is 20.0. The lowest BCUT2D eigenvalue weighted by molar-refractivity contribution is 0.0746. The molecule has 1 fully saturated rings. The van der Waals surface area contributed by atoms with Crippen molar-refractivity contribution in [3.63, 3.8) is 0 Å². The van der Waals surface area contributed by atoms with Gasteiger partial charge in [0.15, 0.2) is 5.13 Å². The second-order valence-corrected chi connectivity index (χ2v) is 9.96. The van der Waals surface area contributed by atoms with E-state index in [4.69, 9.17) is 9.72 Å². The van der Waals surface area contributed by atoms with E-state index in [1.54, 1.807) is 18.4 Å². The number of aromatic nitrogens is 1. The van der Waals surface area contributed by atoms with Crippen LogP contribution in [0.4, 0.5) is 5.13 Å². The largest absolute Gasteiger partial charge is 0.497 e. The summed E-state index contributed by atoms with van der Waals surface area (Å²) in [4.78, 5) is 23.0. The summed E-state index contributed by atoms with van der Waals surface area (Å²) >= 11 is 3.49. The first-order chi connectivity index (χ1) is 14.0. The number of rotatable bonds is 5. The van der Waals surface area contributed by atoms with Crippen molar-refractivity contribution < 1.29 is 9.53 Å². The highest BCUT2D eigenvalue weighted by molar-refractivity contribution is 7.99. The molecule has 1 aliphatic heterocycles. The number of carbonyl (C=O) groups is 1. The van der Waals surface area contributed by atoms with Crippen LogP contribution in [0.5, 0.6) is 5.75 Å². The van der Waals surface area contributed by atoms with Crippen LogP contribution < -0.4 is 9.64 Å². The summed E-state index contributed by atoms with van der Waals surface area (Å²) in [5.41, 5.74) is 1.75. The molecule has 2 aromatic carbocycles. The topological polar surface area (TPSA) is 45.7 Å². The van der Waals surface area contributed by atoms with Crippen LogP contribution >= 0.6 is 23.1 Å². The SMILES string of the molecule is COc1ccc2nc(N3CCN(C(=O)c4ccc(SC(C)C)cc4)CC3)sc2c1. The molecular formula is C22H25N3O2S2. The van der Waals surface area contributed by atoms with E-state index in [1.807, 2.05) is 59.1 Å². The Labute approximate surface area is 179 Å². The molecule has 1 aromatic heterocycles. The zero-order valence-electron chi connectivity index (χ0n) is 16.9. The number of hydrogen-bond acceptors (Lipinski definition) is 6. The van der Waals surface area contributed by atoms with E-state index < -0.39 is 0 Å². The lowest BCUT2D eigenvalue weighted by Crippen LogP contribution is -2.48. The highest BCUT2D eigenvalue weighted by atomic mass is 32.2. The minimum Gasteiger partial charge on any atom is -0.497 e. The van der Waals surface area contributed by atoms with Gasteiger partial charge in [-0.3, -0.25) is 4.79 Å². The van der Waals surface area contributed by atoms with Gasteiger partial charge in [-0.2, -0.15) is 0 Å². The predicted molar refractivity (Wildman–Crippen MR) is 122 cm³/mol. The van der Waals surface area contributed by atoms with Gasteiger partial charge < -0.3 is 14.5 Å². The Bertz CT molecular complexity index is 993. The van der Waals surface area contributed by atoms with Crippen LogP contribution in [-0.2, 0) is 0 Å². The number of hydrogen-bond donors (Lipinski definition) is 0. The van der Waals surface area contributed by atoms with E-state index in [0.717, 1.165) is 39.8 Å². The van der Waals surface area contributed by atoms with Gasteiger partial charge in [-0.15, -0.1) is 11.8 Å². The third-order valence-electron chi connectivity index (χ3n) is 4.89. The average Bonchev–Trinajstić information content (AvgIpc) is 3.16. The molecule has 0 N–H and O–H groups in total. The van der Waals surface area contributed by atoms with E-state index in [-0.39, 0.29) is 5.91 Å². The molecule has 0 radical (unpaired) electrons. The number of anilines is 1. The van der Waals surface area contributed by atoms with Crippen molar-refractivity contribution in [1.29, 1.82) is 0 Å². The molecule has 5 nitrogen and oxygen atoms in total. The predicted octanol–water partition coefficient (Wildman–Crippen LogP) is 4.77. The number of ether oxygens (including phenoxy) is 1. The van der Waals surface area contributed by atoms with Crippen molar-refractivity contribution in [2.75, 3.05) is 38.2 Å². The number of amides is 1. The second kappa shape index (κ2) is 8.63. The van der Waals surface area contributed by atoms with Crippen LogP contribution in [0.1, 0.15) is 24.2 Å². The average molecular weight is 428 g/mol. The van der Waals surface area contributed by atoms with Gasteiger partial charge in [0.05, 0.1) is 17.3 Å². The molecule has 1 amide bonds. The summed E-state index contributed by atoms with van der Waals surface area (Å²) in [6.07, 6.45) is 0. The van der Waals surface area contributed by atoms with E-state index in [2.05, 4.69) is 18.7 Å². The number of benzene rings is 2. The molecule has 0 aliphatic carbocycles. The van der Waals surface area contributed by atoms with E-state index in [1.165, 1.54) is 4.90 Å². The van der Waals surface area contributed by atoms with Gasteiger partial charge in [0, 0.05) is 41.9 Å². The fourth-order valence-electron chi connectivity index (χ4n) is 3.39. The summed E-state index contributed by atoms with van der Waals surface area (Å²) < 4.78 is 6.43. The quantitative estimate of drug-likeness (QED) is 0.549. The Morgan fingerprint density at radius 1 is 1.10 bits per heavy atom. The molecule has 0 bridgehead atoms. The summed E-state index contributed by atoms with van der Waals surface area (Å²) in [5, 5.41) is 1.55. The van der Waals surface area contributed by atoms with Gasteiger partial charge in [-0.25, -0.2) is 4.98 Å². The van der Waals surface area contributed by atoms with Crippen LogP contribution in [0.3, 0.4) is 0 Å². The van der Waals surface area contributed by atoms with Crippen molar-refractivity contribution in [2.45, 2.75) is 24.0 Å². The molecule has 3 aromatic rings. The van der Waals surface area contributed by atoms with Gasteiger partial charge in [0.25, 0.3) is 5.91 Å². The van der Waals surface area contributed by atoms with E-state index in [0.29, 0.717) is 18.3 Å². The molecule has 4 rings (SSSR count). The van der Waals surface area contributed by atoms with Gasteiger partial charge in [0.1, 0.15) is 5.75 Å². The third-order valence-corrected chi connectivity index (χ3v) is 6.99. The lowest BCUT2D eigenvalue weighted by atomic mass is 10.2. The summed E-state index contributed by atoms with van der Waals surface area (Å²) in [6, 6.07) is 13.9. The molecular weight excluding hydrogens is 402 g/mol. The fraction of sp³-hybridized carbons (Fsp3) is 0.364. The van der Waals surface area contributed by atoms with Crippen molar-refractivity contribution in [3.8, 4) is 5.75 Å². The molecule has 0 atom stereocenters. The van der Waals surface area contributed by atoms with Crippen LogP contribution in [0.2, 0.25) is 0 Å². The van der Waals surface area contributed by atoms with Crippen LogP contribution in [0.25, 0.3) is 10.2 Å². The number of fused-ring (bicyclic) bond motifs is 1. The third kappa shape index (κ3) is 4.51. The van der Waals surface area contributed by atoms with Gasteiger partial charge in [-0.05, 0) is 42.5 Å². The Kier molecular flexibility index (Phi) is 5.96. The van der Waals surface area contributed by atoms with E-state index in [9.17, 15) is 4.79 Å². The highest BCUT2D eigenvalue weighted by Crippen LogP contribution is 2.32. The molecule has 29 heavy (non-hydrogen) atoms. The molecule has 7 heteroatoms. The minimum atomic E-state index is 0.111. The number of methoxy groups -OCH3 is 1. The van der Waals surface area contributed by atoms with Gasteiger partial charge in [0.2, 0.25) is 0 Å². The molecule has 0 spiro atoms. The normalized spacial score (nSPS) is 14.6.